The Labute approximate surface area is 190 Å². The third-order valence-corrected chi connectivity index (χ3v) is 5.73. The van der Waals surface area contributed by atoms with Gasteiger partial charge in [0.1, 0.15) is 0 Å². The number of rotatable bonds is 4. The maximum atomic E-state index is 13.4. The summed E-state index contributed by atoms with van der Waals surface area (Å²) in [5.41, 5.74) is -1.71. The molecule has 180 valence electrons. The van der Waals surface area contributed by atoms with Crippen molar-refractivity contribution in [2.24, 2.45) is 10.9 Å². The average molecular weight is 483 g/mol. The van der Waals surface area contributed by atoms with Crippen molar-refractivity contribution in [1.29, 1.82) is 0 Å². The summed E-state index contributed by atoms with van der Waals surface area (Å²) in [7, 11) is 1.50. The van der Waals surface area contributed by atoms with E-state index in [4.69, 9.17) is 0 Å². The highest BCUT2D eigenvalue weighted by atomic mass is 19.4. The molecular formula is C23H19F6N3O2. The van der Waals surface area contributed by atoms with Crippen LogP contribution in [0.1, 0.15) is 35.1 Å². The number of nitrogens with one attached hydrogen (secondary N) is 1. The predicted octanol–water partition coefficient (Wildman–Crippen LogP) is 4.58. The molecule has 4 rings (SSSR count). The van der Waals surface area contributed by atoms with Crippen LogP contribution in [0.4, 0.5) is 32.0 Å². The summed E-state index contributed by atoms with van der Waals surface area (Å²) < 4.78 is 78.9. The van der Waals surface area contributed by atoms with Crippen LogP contribution in [0.25, 0.3) is 0 Å². The Morgan fingerprint density at radius 2 is 1.74 bits per heavy atom. The van der Waals surface area contributed by atoms with Gasteiger partial charge in [0, 0.05) is 18.5 Å². The van der Waals surface area contributed by atoms with E-state index in [0.717, 1.165) is 18.4 Å². The molecule has 0 radical (unpaired) electrons. The van der Waals surface area contributed by atoms with Crippen LogP contribution >= 0.6 is 0 Å². The van der Waals surface area contributed by atoms with Gasteiger partial charge in [-0.15, -0.1) is 0 Å². The zero-order valence-electron chi connectivity index (χ0n) is 17.8. The number of anilines is 1. The predicted molar refractivity (Wildman–Crippen MR) is 111 cm³/mol. The average Bonchev–Trinajstić information content (AvgIpc) is 3.59. The Morgan fingerprint density at radius 1 is 1.06 bits per heavy atom. The third-order valence-electron chi connectivity index (χ3n) is 5.73. The number of hydrogen-bond donors (Lipinski definition) is 1. The third kappa shape index (κ3) is 4.78. The molecule has 0 aromatic heterocycles. The Bertz CT molecular complexity index is 1170. The lowest BCUT2D eigenvalue weighted by atomic mass is 10.00. The van der Waals surface area contributed by atoms with E-state index < -0.39 is 53.4 Å². The van der Waals surface area contributed by atoms with Crippen molar-refractivity contribution < 1.29 is 35.9 Å². The summed E-state index contributed by atoms with van der Waals surface area (Å²) in [6.45, 7) is 0. The molecular weight excluding hydrogens is 464 g/mol. The Morgan fingerprint density at radius 3 is 2.35 bits per heavy atom. The van der Waals surface area contributed by atoms with Crippen LogP contribution in [-0.2, 0) is 28.4 Å². The van der Waals surface area contributed by atoms with E-state index in [-0.39, 0.29) is 12.0 Å². The van der Waals surface area contributed by atoms with E-state index in [1.807, 2.05) is 0 Å². The lowest BCUT2D eigenvalue weighted by Crippen LogP contribution is -2.46. The van der Waals surface area contributed by atoms with Crippen LogP contribution < -0.4 is 10.2 Å². The number of nitrogens with zero attached hydrogens (tertiary/aromatic N) is 2. The second-order valence-electron chi connectivity index (χ2n) is 8.22. The molecule has 2 aliphatic rings. The Balaban J connectivity index is 1.61. The topological polar surface area (TPSA) is 61.8 Å². The number of benzodiazepines with no additional fused rings is 1. The van der Waals surface area contributed by atoms with Crippen LogP contribution in [-0.4, -0.2) is 30.7 Å². The minimum atomic E-state index is -5.10. The van der Waals surface area contributed by atoms with Crippen molar-refractivity contribution >= 4 is 23.2 Å². The number of amides is 2. The quantitative estimate of drug-likeness (QED) is 0.647. The highest BCUT2D eigenvalue weighted by Crippen LogP contribution is 2.39. The van der Waals surface area contributed by atoms with Crippen molar-refractivity contribution in [3.8, 4) is 0 Å². The van der Waals surface area contributed by atoms with E-state index in [9.17, 15) is 35.9 Å². The molecule has 0 spiro atoms. The number of benzene rings is 2. The van der Waals surface area contributed by atoms with Crippen molar-refractivity contribution in [2.45, 2.75) is 37.8 Å². The van der Waals surface area contributed by atoms with Gasteiger partial charge in [-0.05, 0) is 36.6 Å². The number of aliphatic imine (C=N–C) groups is 1. The molecule has 1 N–H and O–H groups in total. The summed E-state index contributed by atoms with van der Waals surface area (Å²) in [6, 6.07) is 8.16. The van der Waals surface area contributed by atoms with E-state index in [2.05, 4.69) is 10.3 Å². The van der Waals surface area contributed by atoms with E-state index >= 15 is 0 Å². The first-order valence-corrected chi connectivity index (χ1v) is 10.4. The largest absolute Gasteiger partial charge is 0.416 e. The number of para-hydroxylation sites is 1. The molecule has 1 atom stereocenters. The molecule has 0 bridgehead atoms. The first kappa shape index (κ1) is 23.8. The highest BCUT2D eigenvalue weighted by molar-refractivity contribution is 6.14. The normalized spacial score (nSPS) is 18.8. The van der Waals surface area contributed by atoms with Crippen LogP contribution in [0.2, 0.25) is 0 Å². The number of hydrogen-bond acceptors (Lipinski definition) is 3. The Hall–Kier alpha value is -3.37. The molecule has 11 heteroatoms. The molecule has 34 heavy (non-hydrogen) atoms. The van der Waals surface area contributed by atoms with Gasteiger partial charge in [-0.2, -0.15) is 26.3 Å². The number of alkyl halides is 6. The van der Waals surface area contributed by atoms with Gasteiger partial charge in [0.15, 0.2) is 0 Å². The number of carbonyl (C=O) groups is 2. The van der Waals surface area contributed by atoms with Crippen LogP contribution in [0.15, 0.2) is 47.5 Å². The fourth-order valence-corrected chi connectivity index (χ4v) is 3.87. The summed E-state index contributed by atoms with van der Waals surface area (Å²) in [5.74, 6) is -1.45. The zero-order chi connectivity index (χ0) is 24.8. The fraction of sp³-hybridized carbons (Fsp3) is 0.348. The molecule has 2 aromatic carbocycles. The molecule has 5 nitrogen and oxygen atoms in total. The first-order chi connectivity index (χ1) is 15.9. The van der Waals surface area contributed by atoms with Gasteiger partial charge in [-0.1, -0.05) is 24.3 Å². The summed E-state index contributed by atoms with van der Waals surface area (Å²) in [5, 5.41) is 2.35. The molecule has 1 aliphatic carbocycles. The van der Waals surface area contributed by atoms with E-state index in [0.29, 0.717) is 23.5 Å². The SMILES string of the molecule is CN1C(=O)C(NC(=O)Cc2ccc(C(F)(F)F)cc2C(F)(F)F)N=C(C2CC2)c2ccccc21. The smallest absolute Gasteiger partial charge is 0.326 e. The highest BCUT2D eigenvalue weighted by Gasteiger charge is 2.39. The van der Waals surface area contributed by atoms with Crippen molar-refractivity contribution in [1.82, 2.24) is 5.32 Å². The molecule has 1 saturated carbocycles. The molecule has 1 aliphatic heterocycles. The van der Waals surface area contributed by atoms with Gasteiger partial charge >= 0.3 is 12.4 Å². The summed E-state index contributed by atoms with van der Waals surface area (Å²) in [6.07, 6.45) is -10.6. The first-order valence-electron chi connectivity index (χ1n) is 10.4. The van der Waals surface area contributed by atoms with Crippen LogP contribution in [0, 0.1) is 5.92 Å². The number of fused-ring (bicyclic) bond motifs is 1. The van der Waals surface area contributed by atoms with Crippen LogP contribution in [0.3, 0.4) is 0 Å². The molecule has 2 aromatic rings. The van der Waals surface area contributed by atoms with Gasteiger partial charge in [0.2, 0.25) is 12.1 Å². The van der Waals surface area contributed by atoms with Gasteiger partial charge < -0.3 is 10.2 Å². The van der Waals surface area contributed by atoms with Crippen molar-refractivity contribution in [3.63, 3.8) is 0 Å². The fourth-order valence-electron chi connectivity index (χ4n) is 3.87. The number of likely N-dealkylation sites (N-methyl/N-ethyl adjacent to an activating group) is 1. The lowest BCUT2D eigenvalue weighted by Gasteiger charge is -2.21. The maximum absolute atomic E-state index is 13.4. The second kappa shape index (κ2) is 8.44. The lowest BCUT2D eigenvalue weighted by molar-refractivity contribution is -0.143. The molecule has 0 saturated heterocycles. The van der Waals surface area contributed by atoms with E-state index in [1.54, 1.807) is 24.3 Å². The van der Waals surface area contributed by atoms with Gasteiger partial charge in [0.25, 0.3) is 5.91 Å². The Kier molecular flexibility index (Phi) is 5.91. The van der Waals surface area contributed by atoms with Gasteiger partial charge in [-0.3, -0.25) is 14.6 Å². The monoisotopic (exact) mass is 483 g/mol. The van der Waals surface area contributed by atoms with Gasteiger partial charge in [-0.25, -0.2) is 0 Å². The summed E-state index contributed by atoms with van der Waals surface area (Å²) >= 11 is 0. The van der Waals surface area contributed by atoms with Gasteiger partial charge in [0.05, 0.1) is 28.9 Å². The van der Waals surface area contributed by atoms with Crippen molar-refractivity contribution in [3.05, 3.63) is 64.7 Å². The zero-order valence-corrected chi connectivity index (χ0v) is 17.8. The minimum Gasteiger partial charge on any atom is -0.326 e. The number of halogens is 6. The maximum Gasteiger partial charge on any atom is 0.416 e. The molecule has 1 heterocycles. The number of carbonyl (C=O) groups excluding carboxylic acids is 2. The second-order valence-corrected chi connectivity index (χ2v) is 8.22. The molecule has 1 fully saturated rings. The standard InChI is InChI=1S/C23H19F6N3O2/c1-32-17-5-3-2-4-15(17)19(12-6-7-12)31-20(21(32)34)30-18(33)10-13-8-9-14(22(24,25)26)11-16(13)23(27,28)29/h2-5,8-9,11-12,20H,6-7,10H2,1H3,(H,30,33). The molecule has 1 unspecified atom stereocenters. The molecule has 2 amide bonds. The van der Waals surface area contributed by atoms with E-state index in [1.165, 1.54) is 11.9 Å². The minimum absolute atomic E-state index is 0.0207. The van der Waals surface area contributed by atoms with Crippen LogP contribution in [0.5, 0.6) is 0 Å². The summed E-state index contributed by atoms with van der Waals surface area (Å²) in [4.78, 5) is 31.3. The van der Waals surface area contributed by atoms with Crippen molar-refractivity contribution in [2.75, 3.05) is 11.9 Å².